The molecule has 0 spiro atoms. The highest BCUT2D eigenvalue weighted by atomic mass is 16.5. The number of benzene rings is 2. The summed E-state index contributed by atoms with van der Waals surface area (Å²) < 4.78 is 7.08. The van der Waals surface area contributed by atoms with Crippen LogP contribution in [0.4, 0.5) is 0 Å². The van der Waals surface area contributed by atoms with Crippen LogP contribution in [0.25, 0.3) is 10.9 Å². The number of aromatic nitrogens is 2. The summed E-state index contributed by atoms with van der Waals surface area (Å²) in [6.07, 6.45) is 2.61. The van der Waals surface area contributed by atoms with E-state index in [0.717, 1.165) is 22.9 Å². The molecule has 7 heteroatoms. The van der Waals surface area contributed by atoms with Crippen molar-refractivity contribution in [2.45, 2.75) is 38.6 Å². The molecule has 0 fully saturated rings. The van der Waals surface area contributed by atoms with Crippen LogP contribution in [0.3, 0.4) is 0 Å². The van der Waals surface area contributed by atoms with E-state index in [0.29, 0.717) is 18.8 Å². The lowest BCUT2D eigenvalue weighted by atomic mass is 9.92. The number of nitrogens with one attached hydrogen (secondary N) is 1. The summed E-state index contributed by atoms with van der Waals surface area (Å²) in [4.78, 5) is 23.6. The third-order valence-electron chi connectivity index (χ3n) is 5.11. The van der Waals surface area contributed by atoms with Gasteiger partial charge in [0.25, 0.3) is 0 Å². The molecule has 0 radical (unpaired) electrons. The van der Waals surface area contributed by atoms with Crippen molar-refractivity contribution in [2.24, 2.45) is 0 Å². The van der Waals surface area contributed by atoms with Gasteiger partial charge in [0.2, 0.25) is 5.91 Å². The number of hydrogen-bond acceptors (Lipinski definition) is 4. The molecule has 7 nitrogen and oxygen atoms in total. The highest BCUT2D eigenvalue weighted by Gasteiger charge is 2.19. The van der Waals surface area contributed by atoms with Crippen molar-refractivity contribution in [2.75, 3.05) is 13.7 Å². The molecule has 2 N–H and O–H groups in total. The fourth-order valence-electron chi connectivity index (χ4n) is 3.51. The summed E-state index contributed by atoms with van der Waals surface area (Å²) in [7, 11) is 1.57. The molecule has 0 saturated carbocycles. The van der Waals surface area contributed by atoms with Gasteiger partial charge in [-0.3, -0.25) is 14.3 Å². The van der Waals surface area contributed by atoms with Crippen LogP contribution in [0.1, 0.15) is 36.3 Å². The number of amides is 1. The fourth-order valence-corrected chi connectivity index (χ4v) is 3.51. The molecule has 0 saturated heterocycles. The largest absolute Gasteiger partial charge is 0.497 e. The van der Waals surface area contributed by atoms with Crippen molar-refractivity contribution < 1.29 is 19.4 Å². The van der Waals surface area contributed by atoms with Gasteiger partial charge in [0, 0.05) is 30.8 Å². The SMILES string of the molecule is COc1ccc(C(CC(=O)O)CC(=O)NCCCn2ncc3ccc(C)cc32)cc1. The highest BCUT2D eigenvalue weighted by molar-refractivity contribution is 5.79. The summed E-state index contributed by atoms with van der Waals surface area (Å²) in [5.74, 6) is -0.771. The lowest BCUT2D eigenvalue weighted by Crippen LogP contribution is -2.27. The zero-order chi connectivity index (χ0) is 21.5. The van der Waals surface area contributed by atoms with Gasteiger partial charge >= 0.3 is 5.97 Å². The van der Waals surface area contributed by atoms with E-state index in [-0.39, 0.29) is 24.7 Å². The van der Waals surface area contributed by atoms with Gasteiger partial charge in [-0.25, -0.2) is 0 Å². The van der Waals surface area contributed by atoms with E-state index in [2.05, 4.69) is 28.6 Å². The number of carbonyl (C=O) groups is 2. The Morgan fingerprint density at radius 2 is 1.93 bits per heavy atom. The van der Waals surface area contributed by atoms with Crippen LogP contribution in [0.5, 0.6) is 5.75 Å². The van der Waals surface area contributed by atoms with Crippen molar-refractivity contribution in [3.05, 3.63) is 59.8 Å². The normalized spacial score (nSPS) is 11.9. The Morgan fingerprint density at radius 1 is 1.17 bits per heavy atom. The van der Waals surface area contributed by atoms with Crippen LogP contribution in [-0.2, 0) is 16.1 Å². The van der Waals surface area contributed by atoms with Crippen molar-refractivity contribution in [1.82, 2.24) is 15.1 Å². The molecule has 1 heterocycles. The molecule has 1 amide bonds. The molecule has 0 aliphatic rings. The second-order valence-electron chi connectivity index (χ2n) is 7.41. The number of carboxylic acids is 1. The summed E-state index contributed by atoms with van der Waals surface area (Å²) in [5.41, 5.74) is 3.08. The Morgan fingerprint density at radius 3 is 2.63 bits per heavy atom. The maximum absolute atomic E-state index is 12.4. The monoisotopic (exact) mass is 409 g/mol. The highest BCUT2D eigenvalue weighted by Crippen LogP contribution is 2.25. The molecule has 158 valence electrons. The van der Waals surface area contributed by atoms with E-state index in [1.807, 2.05) is 29.9 Å². The maximum Gasteiger partial charge on any atom is 0.303 e. The van der Waals surface area contributed by atoms with Gasteiger partial charge in [-0.05, 0) is 42.7 Å². The number of rotatable bonds is 10. The van der Waals surface area contributed by atoms with E-state index >= 15 is 0 Å². The number of hydrogen-bond donors (Lipinski definition) is 2. The number of aliphatic carboxylic acids is 1. The lowest BCUT2D eigenvalue weighted by Gasteiger charge is -2.16. The maximum atomic E-state index is 12.4. The molecule has 1 unspecified atom stereocenters. The van der Waals surface area contributed by atoms with Crippen molar-refractivity contribution in [3.8, 4) is 5.75 Å². The van der Waals surface area contributed by atoms with Crippen LogP contribution in [0.2, 0.25) is 0 Å². The molecule has 0 aliphatic heterocycles. The predicted molar refractivity (Wildman–Crippen MR) is 115 cm³/mol. The number of nitrogens with zero attached hydrogens (tertiary/aromatic N) is 2. The third kappa shape index (κ3) is 5.59. The van der Waals surface area contributed by atoms with E-state index in [9.17, 15) is 14.7 Å². The van der Waals surface area contributed by atoms with Crippen LogP contribution in [0.15, 0.2) is 48.7 Å². The van der Waals surface area contributed by atoms with Crippen molar-refractivity contribution in [3.63, 3.8) is 0 Å². The standard InChI is InChI=1S/C23H27N3O4/c1-16-4-5-18-15-25-26(21(18)12-16)11-3-10-24-22(27)13-19(14-23(28)29)17-6-8-20(30-2)9-7-17/h4-9,12,15,19H,3,10-11,13-14H2,1-2H3,(H,24,27)(H,28,29). The number of carboxylic acid groups (broad SMARTS) is 1. The molecule has 0 bridgehead atoms. The van der Waals surface area contributed by atoms with Gasteiger partial charge in [0.1, 0.15) is 5.75 Å². The predicted octanol–water partition coefficient (Wildman–Crippen LogP) is 3.51. The van der Waals surface area contributed by atoms with Gasteiger partial charge in [-0.1, -0.05) is 24.3 Å². The Hall–Kier alpha value is -3.35. The first-order valence-electron chi connectivity index (χ1n) is 10.0. The van der Waals surface area contributed by atoms with E-state index < -0.39 is 5.97 Å². The summed E-state index contributed by atoms with van der Waals surface area (Å²) >= 11 is 0. The minimum Gasteiger partial charge on any atom is -0.497 e. The van der Waals surface area contributed by atoms with Crippen LogP contribution < -0.4 is 10.1 Å². The number of ether oxygens (including phenoxy) is 1. The van der Waals surface area contributed by atoms with Crippen LogP contribution in [0, 0.1) is 6.92 Å². The molecule has 1 atom stereocenters. The summed E-state index contributed by atoms with van der Waals surface area (Å²) in [5, 5.41) is 17.6. The molecular formula is C23H27N3O4. The Kier molecular flexibility index (Phi) is 7.06. The van der Waals surface area contributed by atoms with E-state index in [1.165, 1.54) is 5.56 Å². The zero-order valence-corrected chi connectivity index (χ0v) is 17.3. The summed E-state index contributed by atoms with van der Waals surface area (Å²) in [6.45, 7) is 3.26. The third-order valence-corrected chi connectivity index (χ3v) is 5.11. The Balaban J connectivity index is 1.52. The van der Waals surface area contributed by atoms with Gasteiger partial charge < -0.3 is 15.2 Å². The molecule has 2 aromatic carbocycles. The van der Waals surface area contributed by atoms with Crippen LogP contribution >= 0.6 is 0 Å². The van der Waals surface area contributed by atoms with Crippen molar-refractivity contribution >= 4 is 22.8 Å². The first-order chi connectivity index (χ1) is 14.5. The van der Waals surface area contributed by atoms with E-state index in [1.54, 1.807) is 19.2 Å². The molecule has 1 aromatic heterocycles. The first-order valence-corrected chi connectivity index (χ1v) is 10.0. The average Bonchev–Trinajstić information content (AvgIpc) is 3.12. The molecule has 3 aromatic rings. The average molecular weight is 409 g/mol. The second kappa shape index (κ2) is 9.91. The minimum absolute atomic E-state index is 0.0988. The number of methoxy groups -OCH3 is 1. The molecule has 0 aliphatic carbocycles. The van der Waals surface area contributed by atoms with Crippen LogP contribution in [-0.4, -0.2) is 40.4 Å². The number of fused-ring (bicyclic) bond motifs is 1. The fraction of sp³-hybridized carbons (Fsp3) is 0.348. The van der Waals surface area contributed by atoms with Gasteiger partial charge in [0.15, 0.2) is 0 Å². The number of aryl methyl sites for hydroxylation is 2. The zero-order valence-electron chi connectivity index (χ0n) is 17.3. The quantitative estimate of drug-likeness (QED) is 0.500. The molecular weight excluding hydrogens is 382 g/mol. The number of carbonyl (C=O) groups excluding carboxylic acids is 1. The Labute approximate surface area is 175 Å². The first kappa shape index (κ1) is 21.4. The van der Waals surface area contributed by atoms with E-state index in [4.69, 9.17) is 4.74 Å². The second-order valence-corrected chi connectivity index (χ2v) is 7.41. The molecule has 30 heavy (non-hydrogen) atoms. The smallest absolute Gasteiger partial charge is 0.303 e. The Bertz CT molecular complexity index is 1010. The minimum atomic E-state index is -0.926. The lowest BCUT2D eigenvalue weighted by molar-refractivity contribution is -0.137. The topological polar surface area (TPSA) is 93.5 Å². The van der Waals surface area contributed by atoms with Crippen molar-refractivity contribution in [1.29, 1.82) is 0 Å². The van der Waals surface area contributed by atoms with Gasteiger partial charge in [-0.2, -0.15) is 5.10 Å². The van der Waals surface area contributed by atoms with Gasteiger partial charge in [-0.15, -0.1) is 0 Å². The summed E-state index contributed by atoms with van der Waals surface area (Å²) in [6, 6.07) is 13.4. The van der Waals surface area contributed by atoms with Gasteiger partial charge in [0.05, 0.1) is 25.2 Å². The molecule has 3 rings (SSSR count).